The van der Waals surface area contributed by atoms with E-state index >= 15 is 0 Å². The molecule has 8 nitrogen and oxygen atoms in total. The SMILES string of the molecule is Cc1cnc(-c2cccnc2)n1C1CCN(C(=O)Nc2ccc3c(c2)OCCO3)C1. The number of urea groups is 1. The van der Waals surface area contributed by atoms with E-state index in [4.69, 9.17) is 9.47 Å². The van der Waals surface area contributed by atoms with E-state index in [-0.39, 0.29) is 12.1 Å². The lowest BCUT2D eigenvalue weighted by Gasteiger charge is -2.21. The first-order valence-electron chi connectivity index (χ1n) is 10.1. The number of amides is 2. The molecule has 1 unspecified atom stereocenters. The van der Waals surface area contributed by atoms with Crippen LogP contribution in [0.4, 0.5) is 10.5 Å². The van der Waals surface area contributed by atoms with Gasteiger partial charge in [0.1, 0.15) is 19.0 Å². The van der Waals surface area contributed by atoms with Crippen molar-refractivity contribution >= 4 is 11.7 Å². The summed E-state index contributed by atoms with van der Waals surface area (Å²) in [5.74, 6) is 2.26. The molecule has 2 amide bonds. The molecule has 1 N–H and O–H groups in total. The van der Waals surface area contributed by atoms with Gasteiger partial charge in [0.15, 0.2) is 11.5 Å². The van der Waals surface area contributed by atoms with E-state index in [2.05, 4.69) is 19.9 Å². The van der Waals surface area contributed by atoms with Crippen molar-refractivity contribution in [1.82, 2.24) is 19.4 Å². The molecular formula is C22H23N5O3. The standard InChI is InChI=1S/C22H23N5O3/c1-15-12-24-21(16-3-2-7-23-13-16)27(15)18-6-8-26(14-18)22(28)25-17-4-5-19-20(11-17)30-10-9-29-19/h2-5,7,11-13,18H,6,8-10,14H2,1H3,(H,25,28). The van der Waals surface area contributed by atoms with Gasteiger partial charge < -0.3 is 24.3 Å². The summed E-state index contributed by atoms with van der Waals surface area (Å²) < 4.78 is 13.4. The number of anilines is 1. The number of ether oxygens (including phenoxy) is 2. The Bertz CT molecular complexity index is 1070. The number of nitrogens with one attached hydrogen (secondary N) is 1. The number of carbonyl (C=O) groups excluding carboxylic acids is 1. The lowest BCUT2D eigenvalue weighted by atomic mass is 10.2. The first kappa shape index (κ1) is 18.5. The minimum absolute atomic E-state index is 0.116. The van der Waals surface area contributed by atoms with E-state index in [0.717, 1.165) is 23.5 Å². The third-order valence-corrected chi connectivity index (χ3v) is 5.51. The van der Waals surface area contributed by atoms with Crippen LogP contribution in [0, 0.1) is 6.92 Å². The van der Waals surface area contributed by atoms with Crippen molar-refractivity contribution in [2.24, 2.45) is 0 Å². The zero-order chi connectivity index (χ0) is 20.5. The van der Waals surface area contributed by atoms with Crippen LogP contribution in [-0.4, -0.2) is 51.8 Å². The fraction of sp³-hybridized carbons (Fsp3) is 0.318. The average molecular weight is 405 g/mol. The van der Waals surface area contributed by atoms with Crippen molar-refractivity contribution in [3.8, 4) is 22.9 Å². The molecule has 2 aromatic heterocycles. The molecule has 0 radical (unpaired) electrons. The van der Waals surface area contributed by atoms with Crippen LogP contribution in [0.15, 0.2) is 48.9 Å². The van der Waals surface area contributed by atoms with Gasteiger partial charge in [-0.2, -0.15) is 0 Å². The highest BCUT2D eigenvalue weighted by Gasteiger charge is 2.30. The summed E-state index contributed by atoms with van der Waals surface area (Å²) in [4.78, 5) is 23.5. The van der Waals surface area contributed by atoms with Gasteiger partial charge in [0, 0.05) is 54.7 Å². The molecule has 4 heterocycles. The largest absolute Gasteiger partial charge is 0.486 e. The number of benzene rings is 1. The molecule has 1 saturated heterocycles. The monoisotopic (exact) mass is 405 g/mol. The molecule has 1 aromatic carbocycles. The molecule has 1 atom stereocenters. The highest BCUT2D eigenvalue weighted by Crippen LogP contribution is 2.33. The molecule has 154 valence electrons. The van der Waals surface area contributed by atoms with E-state index in [1.165, 1.54) is 0 Å². The van der Waals surface area contributed by atoms with Gasteiger partial charge >= 0.3 is 6.03 Å². The summed E-state index contributed by atoms with van der Waals surface area (Å²) in [6.07, 6.45) is 6.32. The van der Waals surface area contributed by atoms with Crippen molar-refractivity contribution < 1.29 is 14.3 Å². The second-order valence-electron chi connectivity index (χ2n) is 7.51. The van der Waals surface area contributed by atoms with Crippen LogP contribution in [-0.2, 0) is 0 Å². The number of pyridine rings is 1. The number of likely N-dealkylation sites (tertiary alicyclic amines) is 1. The lowest BCUT2D eigenvalue weighted by molar-refractivity contribution is 0.171. The van der Waals surface area contributed by atoms with Crippen LogP contribution < -0.4 is 14.8 Å². The van der Waals surface area contributed by atoms with Crippen LogP contribution in [0.5, 0.6) is 11.5 Å². The number of hydrogen-bond donors (Lipinski definition) is 1. The minimum Gasteiger partial charge on any atom is -0.486 e. The second-order valence-corrected chi connectivity index (χ2v) is 7.51. The first-order chi connectivity index (χ1) is 14.7. The van der Waals surface area contributed by atoms with Gasteiger partial charge in [-0.05, 0) is 37.6 Å². The van der Waals surface area contributed by atoms with Crippen LogP contribution >= 0.6 is 0 Å². The fourth-order valence-electron chi connectivity index (χ4n) is 4.08. The highest BCUT2D eigenvalue weighted by molar-refractivity contribution is 5.90. The predicted octanol–water partition coefficient (Wildman–Crippen LogP) is 3.50. The van der Waals surface area contributed by atoms with E-state index in [1.807, 2.05) is 48.5 Å². The van der Waals surface area contributed by atoms with Gasteiger partial charge in [-0.15, -0.1) is 0 Å². The van der Waals surface area contributed by atoms with Crippen LogP contribution in [0.1, 0.15) is 18.2 Å². The molecule has 3 aromatic rings. The number of hydrogen-bond acceptors (Lipinski definition) is 5. The van der Waals surface area contributed by atoms with Gasteiger partial charge in [-0.25, -0.2) is 9.78 Å². The Labute approximate surface area is 174 Å². The first-order valence-corrected chi connectivity index (χ1v) is 10.1. The highest BCUT2D eigenvalue weighted by atomic mass is 16.6. The van der Waals surface area contributed by atoms with Crippen LogP contribution in [0.25, 0.3) is 11.4 Å². The van der Waals surface area contributed by atoms with Crippen molar-refractivity contribution in [1.29, 1.82) is 0 Å². The van der Waals surface area contributed by atoms with E-state index in [9.17, 15) is 4.79 Å². The van der Waals surface area contributed by atoms with E-state index < -0.39 is 0 Å². The maximum atomic E-state index is 12.8. The number of aryl methyl sites for hydroxylation is 1. The van der Waals surface area contributed by atoms with Gasteiger partial charge in [0.05, 0.1) is 6.04 Å². The topological polar surface area (TPSA) is 81.5 Å². The third kappa shape index (κ3) is 3.45. The summed E-state index contributed by atoms with van der Waals surface area (Å²) in [6, 6.07) is 9.44. The van der Waals surface area contributed by atoms with Crippen molar-refractivity contribution in [2.45, 2.75) is 19.4 Å². The zero-order valence-corrected chi connectivity index (χ0v) is 16.7. The zero-order valence-electron chi connectivity index (χ0n) is 16.7. The summed E-state index contributed by atoms with van der Waals surface area (Å²) in [5.41, 5.74) is 2.75. The molecule has 2 aliphatic rings. The Kier molecular flexibility index (Phi) is 4.74. The summed E-state index contributed by atoms with van der Waals surface area (Å²) in [7, 11) is 0. The van der Waals surface area contributed by atoms with Crippen LogP contribution in [0.2, 0.25) is 0 Å². The van der Waals surface area contributed by atoms with Gasteiger partial charge in [-0.3, -0.25) is 4.98 Å². The smallest absolute Gasteiger partial charge is 0.321 e. The third-order valence-electron chi connectivity index (χ3n) is 5.51. The van der Waals surface area contributed by atoms with Crippen molar-refractivity contribution in [3.05, 3.63) is 54.6 Å². The fourth-order valence-corrected chi connectivity index (χ4v) is 4.08. The van der Waals surface area contributed by atoms with Crippen molar-refractivity contribution in [2.75, 3.05) is 31.6 Å². The number of aromatic nitrogens is 3. The number of carbonyl (C=O) groups is 1. The van der Waals surface area contributed by atoms with Gasteiger partial charge in [0.2, 0.25) is 0 Å². The maximum Gasteiger partial charge on any atom is 0.321 e. The normalized spacial score (nSPS) is 17.8. The number of imidazole rings is 1. The Hall–Kier alpha value is -3.55. The molecule has 30 heavy (non-hydrogen) atoms. The lowest BCUT2D eigenvalue weighted by Crippen LogP contribution is -2.33. The molecular weight excluding hydrogens is 382 g/mol. The minimum atomic E-state index is -0.116. The number of rotatable bonds is 3. The summed E-state index contributed by atoms with van der Waals surface area (Å²) in [5, 5.41) is 2.98. The molecule has 0 saturated carbocycles. The second kappa shape index (κ2) is 7.70. The molecule has 0 aliphatic carbocycles. The van der Waals surface area contributed by atoms with E-state index in [0.29, 0.717) is 43.5 Å². The Morgan fingerprint density at radius 2 is 2.03 bits per heavy atom. The predicted molar refractivity (Wildman–Crippen MR) is 112 cm³/mol. The summed E-state index contributed by atoms with van der Waals surface area (Å²) >= 11 is 0. The Morgan fingerprint density at radius 1 is 1.17 bits per heavy atom. The van der Waals surface area contributed by atoms with Gasteiger partial charge in [0.25, 0.3) is 0 Å². The number of fused-ring (bicyclic) bond motifs is 1. The van der Waals surface area contributed by atoms with Gasteiger partial charge in [-0.1, -0.05) is 0 Å². The van der Waals surface area contributed by atoms with Crippen molar-refractivity contribution in [3.63, 3.8) is 0 Å². The molecule has 1 fully saturated rings. The molecule has 0 spiro atoms. The maximum absolute atomic E-state index is 12.8. The molecule has 8 heteroatoms. The quantitative estimate of drug-likeness (QED) is 0.721. The van der Waals surface area contributed by atoms with E-state index in [1.54, 1.807) is 12.3 Å². The molecule has 0 bridgehead atoms. The molecule has 5 rings (SSSR count). The average Bonchev–Trinajstić information content (AvgIpc) is 3.41. The number of nitrogens with zero attached hydrogens (tertiary/aromatic N) is 4. The Balaban J connectivity index is 1.30. The summed E-state index contributed by atoms with van der Waals surface area (Å²) in [6.45, 7) is 4.42. The Morgan fingerprint density at radius 3 is 2.87 bits per heavy atom. The molecule has 2 aliphatic heterocycles. The van der Waals surface area contributed by atoms with Crippen LogP contribution in [0.3, 0.4) is 0 Å².